The fourth-order valence-corrected chi connectivity index (χ4v) is 1.54. The molecule has 0 amide bonds. The minimum Gasteiger partial charge on any atom is -0.400 e. The summed E-state index contributed by atoms with van der Waals surface area (Å²) in [6, 6.07) is 48.0. The smallest absolute Gasteiger partial charge is 0.144 e. The molecule has 0 radical (unpaired) electrons. The van der Waals surface area contributed by atoms with Crippen LogP contribution in [0.4, 0.5) is 0 Å². The minimum absolute atomic E-state index is 0. The van der Waals surface area contributed by atoms with Crippen LogP contribution in [0.5, 0.6) is 0 Å². The summed E-state index contributed by atoms with van der Waals surface area (Å²) in [5.74, 6) is 0. The zero-order valence-electron chi connectivity index (χ0n) is 22.9. The summed E-state index contributed by atoms with van der Waals surface area (Å²) < 4.78 is 23.5. The first kappa shape index (κ1) is 43.8. The van der Waals surface area contributed by atoms with Crippen LogP contribution in [0.15, 0.2) is 146 Å². The zero-order chi connectivity index (χ0) is 28.2. The lowest BCUT2D eigenvalue weighted by molar-refractivity contribution is 0.277. The number of hydrogen-bond donors (Lipinski definition) is 1. The lowest BCUT2D eigenvalue weighted by Crippen LogP contribution is -1.86. The van der Waals surface area contributed by atoms with Gasteiger partial charge >= 0.3 is 0 Å². The largest absolute Gasteiger partial charge is 0.400 e. The number of aliphatic hydroxyl groups is 1. The molecule has 4 aromatic rings. The number of benzene rings is 4. The molecule has 0 heterocycles. The average Bonchev–Trinajstić information content (AvgIpc) is 2.95. The van der Waals surface area contributed by atoms with Gasteiger partial charge in [0.2, 0.25) is 0 Å². The van der Waals surface area contributed by atoms with Crippen molar-refractivity contribution in [3.8, 4) is 0 Å². The van der Waals surface area contributed by atoms with Crippen LogP contribution in [0.25, 0.3) is 0 Å². The van der Waals surface area contributed by atoms with Crippen molar-refractivity contribution in [1.29, 1.82) is 0 Å². The average molecular weight is 531 g/mol. The Kier molecular flexibility index (Phi) is 50.7. The Balaban J connectivity index is -0.000000108. The van der Waals surface area contributed by atoms with E-state index in [-0.39, 0.29) is 7.43 Å². The van der Waals surface area contributed by atoms with Gasteiger partial charge in [0, 0.05) is 33.8 Å². The van der Waals surface area contributed by atoms with E-state index in [1.165, 1.54) is 0 Å². The van der Waals surface area contributed by atoms with Gasteiger partial charge in [0.15, 0.2) is 0 Å². The third-order valence-corrected chi connectivity index (χ3v) is 2.67. The maximum absolute atomic E-state index is 9.63. The minimum atomic E-state index is -2.67. The molecule has 0 saturated heterocycles. The summed E-state index contributed by atoms with van der Waals surface area (Å²) in [5.41, 5.74) is 0. The Morgan fingerprint density at radius 3 is 0.459 bits per heavy atom. The lowest BCUT2D eigenvalue weighted by atomic mass is 10.4. The molecule has 1 N–H and O–H groups in total. The van der Waals surface area contributed by atoms with E-state index < -0.39 is 9.84 Å². The highest BCUT2D eigenvalue weighted by Gasteiger charge is 1.79. The first-order valence-electron chi connectivity index (χ1n) is 11.4. The number of rotatable bonds is 0. The molecule has 0 spiro atoms. The van der Waals surface area contributed by atoms with E-state index >= 15 is 0 Å². The zero-order valence-corrected chi connectivity index (χ0v) is 23.8. The monoisotopic (exact) mass is 530 g/mol. The van der Waals surface area contributed by atoms with Crippen LogP contribution in [-0.2, 0) is 14.6 Å². The van der Waals surface area contributed by atoms with Gasteiger partial charge in [-0.25, -0.2) is 8.42 Å². The van der Waals surface area contributed by atoms with E-state index in [2.05, 4.69) is 4.74 Å². The van der Waals surface area contributed by atoms with Crippen molar-refractivity contribution in [2.45, 2.75) is 21.3 Å². The van der Waals surface area contributed by atoms with E-state index in [1.54, 1.807) is 14.2 Å². The fourth-order valence-electron chi connectivity index (χ4n) is 1.54. The highest BCUT2D eigenvalue weighted by Crippen LogP contribution is 1.81. The molecule has 0 aliphatic carbocycles. The molecule has 0 aromatic heterocycles. The van der Waals surface area contributed by atoms with Crippen LogP contribution in [0.3, 0.4) is 0 Å². The highest BCUT2D eigenvalue weighted by molar-refractivity contribution is 7.89. The Morgan fingerprint density at radius 1 is 0.405 bits per heavy atom. The van der Waals surface area contributed by atoms with Gasteiger partial charge in [-0.3, -0.25) is 0 Å². The van der Waals surface area contributed by atoms with Gasteiger partial charge in [0.05, 0.1) is 0 Å². The SMILES string of the molecule is C.CC.CO.COC.CS(C)(=O)=O.c1ccccc1.c1ccccc1.c1ccccc1.c1ccccc1. The summed E-state index contributed by atoms with van der Waals surface area (Å²) >= 11 is 0. The number of hydrogen-bond acceptors (Lipinski definition) is 4. The molecule has 208 valence electrons. The summed E-state index contributed by atoms with van der Waals surface area (Å²) in [6.07, 6.45) is 2.32. The normalized spacial score (nSPS) is 7.57. The molecule has 0 aliphatic rings. The van der Waals surface area contributed by atoms with Gasteiger partial charge in [-0.15, -0.1) is 0 Å². The summed E-state index contributed by atoms with van der Waals surface area (Å²) in [5, 5.41) is 7.00. The molecular weight excluding hydrogens is 480 g/mol. The van der Waals surface area contributed by atoms with E-state index in [4.69, 9.17) is 5.11 Å². The van der Waals surface area contributed by atoms with E-state index in [0.29, 0.717) is 0 Å². The number of ether oxygens (including phenoxy) is 1. The van der Waals surface area contributed by atoms with E-state index in [9.17, 15) is 8.42 Å². The van der Waals surface area contributed by atoms with Crippen molar-refractivity contribution in [3.63, 3.8) is 0 Å². The summed E-state index contributed by atoms with van der Waals surface area (Å²) in [6.45, 7) is 4.00. The second-order valence-corrected chi connectivity index (χ2v) is 8.46. The molecule has 4 nitrogen and oxygen atoms in total. The van der Waals surface area contributed by atoms with Crippen LogP contribution in [0, 0.1) is 0 Å². The molecule has 4 aromatic carbocycles. The lowest BCUT2D eigenvalue weighted by Gasteiger charge is -1.69. The molecule has 0 bridgehead atoms. The number of methoxy groups -OCH3 is 1. The molecular formula is C32H50O4S. The van der Waals surface area contributed by atoms with Crippen molar-refractivity contribution < 1.29 is 18.3 Å². The second kappa shape index (κ2) is 42.9. The topological polar surface area (TPSA) is 63.6 Å². The van der Waals surface area contributed by atoms with Crippen LogP contribution >= 0.6 is 0 Å². The molecule has 37 heavy (non-hydrogen) atoms. The van der Waals surface area contributed by atoms with Crippen LogP contribution in [0.1, 0.15) is 21.3 Å². The first-order chi connectivity index (χ1) is 17.4. The molecule has 5 heteroatoms. The molecule has 0 aliphatic heterocycles. The van der Waals surface area contributed by atoms with E-state index in [1.807, 2.05) is 159 Å². The molecule has 0 atom stereocenters. The molecule has 4 rings (SSSR count). The Bertz CT molecular complexity index is 647. The third-order valence-electron chi connectivity index (χ3n) is 2.67. The third kappa shape index (κ3) is 71.9. The van der Waals surface area contributed by atoms with Crippen molar-refractivity contribution in [2.24, 2.45) is 0 Å². The highest BCUT2D eigenvalue weighted by atomic mass is 32.2. The maximum atomic E-state index is 9.63. The summed E-state index contributed by atoms with van der Waals surface area (Å²) in [7, 11) is 1.58. The van der Waals surface area contributed by atoms with Crippen LogP contribution in [0.2, 0.25) is 0 Å². The van der Waals surface area contributed by atoms with Gasteiger partial charge in [-0.2, -0.15) is 0 Å². The summed E-state index contributed by atoms with van der Waals surface area (Å²) in [4.78, 5) is 0. The van der Waals surface area contributed by atoms with Crippen LogP contribution < -0.4 is 0 Å². The van der Waals surface area contributed by atoms with Gasteiger partial charge in [0.1, 0.15) is 9.84 Å². The molecule has 0 fully saturated rings. The second-order valence-electron chi connectivity index (χ2n) is 6.17. The quantitative estimate of drug-likeness (QED) is 0.251. The number of aliphatic hydroxyl groups excluding tert-OH is 1. The van der Waals surface area contributed by atoms with Crippen molar-refractivity contribution in [2.75, 3.05) is 33.8 Å². The van der Waals surface area contributed by atoms with Gasteiger partial charge in [0.25, 0.3) is 0 Å². The van der Waals surface area contributed by atoms with Gasteiger partial charge in [-0.1, -0.05) is 167 Å². The number of sulfone groups is 1. The Labute approximate surface area is 228 Å². The van der Waals surface area contributed by atoms with Crippen molar-refractivity contribution >= 4 is 9.84 Å². The van der Waals surface area contributed by atoms with E-state index in [0.717, 1.165) is 19.6 Å². The van der Waals surface area contributed by atoms with Gasteiger partial charge in [-0.05, 0) is 0 Å². The van der Waals surface area contributed by atoms with Crippen LogP contribution in [-0.4, -0.2) is 47.4 Å². The molecule has 0 unspecified atom stereocenters. The first-order valence-corrected chi connectivity index (χ1v) is 13.7. The van der Waals surface area contributed by atoms with Crippen molar-refractivity contribution in [3.05, 3.63) is 146 Å². The fraction of sp³-hybridized carbons (Fsp3) is 0.250. The predicted octanol–water partition coefficient (Wildman–Crippen LogP) is 7.94. The predicted molar refractivity (Wildman–Crippen MR) is 166 cm³/mol. The Morgan fingerprint density at radius 2 is 0.432 bits per heavy atom. The van der Waals surface area contributed by atoms with Gasteiger partial charge < -0.3 is 9.84 Å². The van der Waals surface area contributed by atoms with Crippen molar-refractivity contribution in [1.82, 2.24) is 0 Å². The standard InChI is InChI=1S/4C6H6.C2H6O2S.C2H6O.C2H6.CH4O.CH4/c4*1-2-4-6-5-3-1;1-5(2,3)4;1-3-2;2*1-2;/h4*1-6H;1-2H3;1-2H3;1-2H3;2H,1H3;1H4. The molecule has 0 saturated carbocycles. The Hall–Kier alpha value is -3.25. The maximum Gasteiger partial charge on any atom is 0.144 e.